The Morgan fingerprint density at radius 3 is 2.17 bits per heavy atom. The number of piperazine rings is 1. The molecule has 0 bridgehead atoms. The molecule has 1 aromatic carbocycles. The van der Waals surface area contributed by atoms with Crippen molar-refractivity contribution in [3.63, 3.8) is 0 Å². The molecular weight excluding hydrogens is 360 g/mol. The molecule has 1 aliphatic heterocycles. The van der Waals surface area contributed by atoms with E-state index < -0.39 is 0 Å². The molecule has 1 aromatic rings. The molecule has 1 heterocycles. The van der Waals surface area contributed by atoms with Crippen LogP contribution in [0.3, 0.4) is 0 Å². The first-order valence-corrected chi connectivity index (χ1v) is 11.3. The van der Waals surface area contributed by atoms with Gasteiger partial charge in [0.25, 0.3) is 0 Å². The minimum absolute atomic E-state index is 0.337. The molecule has 6 nitrogen and oxygen atoms in total. The Morgan fingerprint density at radius 2 is 1.62 bits per heavy atom. The second-order valence-corrected chi connectivity index (χ2v) is 7.80. The molecule has 1 aliphatic rings. The molecule has 6 heteroatoms. The van der Waals surface area contributed by atoms with Crippen LogP contribution >= 0.6 is 0 Å². The number of guanidine groups is 1. The highest BCUT2D eigenvalue weighted by atomic mass is 15.3. The molecule has 0 aromatic heterocycles. The topological polar surface area (TPSA) is 46.1 Å². The molecule has 0 aliphatic carbocycles. The zero-order valence-corrected chi connectivity index (χ0v) is 19.2. The number of aliphatic imine (C=N–C) groups is 1. The van der Waals surface area contributed by atoms with E-state index in [2.05, 4.69) is 88.4 Å². The van der Waals surface area contributed by atoms with Gasteiger partial charge in [-0.25, -0.2) is 0 Å². The van der Waals surface area contributed by atoms with E-state index in [1.165, 1.54) is 18.7 Å². The van der Waals surface area contributed by atoms with E-state index >= 15 is 0 Å². The molecule has 2 atom stereocenters. The monoisotopic (exact) mass is 402 g/mol. The molecule has 0 amide bonds. The maximum absolute atomic E-state index is 4.46. The molecule has 0 saturated carbocycles. The average molecular weight is 403 g/mol. The molecule has 0 spiro atoms. The Balaban J connectivity index is 1.86. The smallest absolute Gasteiger partial charge is 0.191 e. The lowest BCUT2D eigenvalue weighted by Crippen LogP contribution is -2.53. The molecule has 2 N–H and O–H groups in total. The molecule has 2 rings (SSSR count). The van der Waals surface area contributed by atoms with Crippen LogP contribution in [0.1, 0.15) is 39.3 Å². The summed E-state index contributed by atoms with van der Waals surface area (Å²) in [7, 11) is 1.86. The van der Waals surface area contributed by atoms with E-state index in [9.17, 15) is 0 Å². The van der Waals surface area contributed by atoms with Crippen LogP contribution in [0.15, 0.2) is 35.3 Å². The first-order valence-electron chi connectivity index (χ1n) is 11.3. The van der Waals surface area contributed by atoms with Gasteiger partial charge in [-0.05, 0) is 32.1 Å². The van der Waals surface area contributed by atoms with E-state index in [0.29, 0.717) is 12.1 Å². The van der Waals surface area contributed by atoms with Crippen molar-refractivity contribution >= 4 is 5.96 Å². The van der Waals surface area contributed by atoms with Crippen molar-refractivity contribution in [1.82, 2.24) is 25.3 Å². The van der Waals surface area contributed by atoms with Crippen molar-refractivity contribution in [3.8, 4) is 0 Å². The highest BCUT2D eigenvalue weighted by Gasteiger charge is 2.21. The van der Waals surface area contributed by atoms with Crippen LogP contribution in [0, 0.1) is 0 Å². The number of likely N-dealkylation sites (N-methyl/N-ethyl adjacent to an activating group) is 2. The van der Waals surface area contributed by atoms with Gasteiger partial charge in [0.05, 0.1) is 6.04 Å². The maximum atomic E-state index is 4.46. The molecular formula is C23H42N6. The van der Waals surface area contributed by atoms with E-state index in [1.54, 1.807) is 0 Å². The lowest BCUT2D eigenvalue weighted by Gasteiger charge is -2.37. The third-order valence-electron chi connectivity index (χ3n) is 6.17. The van der Waals surface area contributed by atoms with Crippen LogP contribution in [0.5, 0.6) is 0 Å². The zero-order valence-electron chi connectivity index (χ0n) is 19.2. The van der Waals surface area contributed by atoms with Crippen molar-refractivity contribution in [2.75, 3.05) is 66.0 Å². The zero-order chi connectivity index (χ0) is 21.1. The molecule has 0 radical (unpaired) electrons. The predicted octanol–water partition coefficient (Wildman–Crippen LogP) is 2.26. The fraction of sp³-hybridized carbons (Fsp3) is 0.696. The minimum atomic E-state index is 0.337. The third kappa shape index (κ3) is 7.28. The van der Waals surface area contributed by atoms with E-state index in [1.807, 2.05) is 7.05 Å². The molecule has 1 saturated heterocycles. The van der Waals surface area contributed by atoms with Crippen molar-refractivity contribution in [3.05, 3.63) is 35.9 Å². The first-order chi connectivity index (χ1) is 14.1. The summed E-state index contributed by atoms with van der Waals surface area (Å²) in [6, 6.07) is 11.6. The second kappa shape index (κ2) is 12.8. The van der Waals surface area contributed by atoms with Crippen LogP contribution in [0.2, 0.25) is 0 Å². The number of benzene rings is 1. The van der Waals surface area contributed by atoms with Crippen LogP contribution in [0.4, 0.5) is 0 Å². The van der Waals surface area contributed by atoms with Gasteiger partial charge in [-0.15, -0.1) is 0 Å². The Kier molecular flexibility index (Phi) is 10.5. The van der Waals surface area contributed by atoms with E-state index in [-0.39, 0.29) is 0 Å². The van der Waals surface area contributed by atoms with Gasteiger partial charge in [0.1, 0.15) is 0 Å². The number of nitrogens with one attached hydrogen (secondary N) is 2. The maximum Gasteiger partial charge on any atom is 0.191 e. The van der Waals surface area contributed by atoms with Crippen LogP contribution in [-0.2, 0) is 0 Å². The normalized spacial score (nSPS) is 18.6. The number of hydrogen-bond acceptors (Lipinski definition) is 4. The summed E-state index contributed by atoms with van der Waals surface area (Å²) in [4.78, 5) is 12.0. The van der Waals surface area contributed by atoms with Gasteiger partial charge >= 0.3 is 0 Å². The van der Waals surface area contributed by atoms with Crippen LogP contribution < -0.4 is 10.6 Å². The molecule has 2 unspecified atom stereocenters. The highest BCUT2D eigenvalue weighted by molar-refractivity contribution is 5.79. The van der Waals surface area contributed by atoms with E-state index in [4.69, 9.17) is 0 Å². The van der Waals surface area contributed by atoms with E-state index in [0.717, 1.165) is 51.8 Å². The SMILES string of the molecule is CCN1CCN(C(C)CNC(=NC)NCC(c2ccccc2)N(CC)CC)CC1. The molecule has 164 valence electrons. The van der Waals surface area contributed by atoms with Crippen molar-refractivity contribution < 1.29 is 0 Å². The standard InChI is InChI=1S/C23H42N6/c1-6-27-14-16-29(17-15-27)20(4)18-25-23(24-5)26-19-22(28(7-2)8-3)21-12-10-9-11-13-21/h9-13,20,22H,6-8,14-19H2,1-5H3,(H2,24,25,26). The lowest BCUT2D eigenvalue weighted by molar-refractivity contribution is 0.107. The Labute approximate surface area is 178 Å². The minimum Gasteiger partial charge on any atom is -0.355 e. The largest absolute Gasteiger partial charge is 0.355 e. The predicted molar refractivity (Wildman–Crippen MR) is 125 cm³/mol. The summed E-state index contributed by atoms with van der Waals surface area (Å²) in [5.74, 6) is 0.886. The lowest BCUT2D eigenvalue weighted by atomic mass is 10.1. The van der Waals surface area contributed by atoms with Crippen LogP contribution in [0.25, 0.3) is 0 Å². The quantitative estimate of drug-likeness (QED) is 0.464. The van der Waals surface area contributed by atoms with Crippen LogP contribution in [-0.4, -0.2) is 92.7 Å². The van der Waals surface area contributed by atoms with Gasteiger partial charge in [0, 0.05) is 52.4 Å². The van der Waals surface area contributed by atoms with Crippen molar-refractivity contribution in [1.29, 1.82) is 0 Å². The fourth-order valence-electron chi connectivity index (χ4n) is 4.11. The van der Waals surface area contributed by atoms with Gasteiger partial charge in [0.15, 0.2) is 5.96 Å². The highest BCUT2D eigenvalue weighted by Crippen LogP contribution is 2.19. The average Bonchev–Trinajstić information content (AvgIpc) is 2.78. The second-order valence-electron chi connectivity index (χ2n) is 7.80. The summed E-state index contributed by atoms with van der Waals surface area (Å²) in [5.41, 5.74) is 1.35. The summed E-state index contributed by atoms with van der Waals surface area (Å²) in [6.07, 6.45) is 0. The van der Waals surface area contributed by atoms with Crippen molar-refractivity contribution in [2.45, 2.75) is 39.8 Å². The molecule has 29 heavy (non-hydrogen) atoms. The summed E-state index contributed by atoms with van der Waals surface area (Å²) >= 11 is 0. The third-order valence-corrected chi connectivity index (χ3v) is 6.17. The van der Waals surface area contributed by atoms with Gasteiger partial charge in [0.2, 0.25) is 0 Å². The summed E-state index contributed by atoms with van der Waals surface area (Å²) in [6.45, 7) is 18.7. The first kappa shape index (κ1) is 23.6. The molecule has 1 fully saturated rings. The Morgan fingerprint density at radius 1 is 1.00 bits per heavy atom. The summed E-state index contributed by atoms with van der Waals surface area (Å²) in [5, 5.41) is 7.10. The summed E-state index contributed by atoms with van der Waals surface area (Å²) < 4.78 is 0. The van der Waals surface area contributed by atoms with Gasteiger partial charge in [-0.3, -0.25) is 14.8 Å². The van der Waals surface area contributed by atoms with Gasteiger partial charge in [-0.1, -0.05) is 51.1 Å². The Hall–Kier alpha value is -1.63. The number of rotatable bonds is 10. The van der Waals surface area contributed by atoms with Crippen molar-refractivity contribution in [2.24, 2.45) is 4.99 Å². The fourth-order valence-corrected chi connectivity index (χ4v) is 4.11. The van der Waals surface area contributed by atoms with Gasteiger partial charge in [-0.2, -0.15) is 0 Å². The Bertz CT molecular complexity index is 578. The van der Waals surface area contributed by atoms with Gasteiger partial charge < -0.3 is 15.5 Å². The number of nitrogens with zero attached hydrogens (tertiary/aromatic N) is 4. The number of hydrogen-bond donors (Lipinski definition) is 2.